The molecule has 2 N–H and O–H groups in total. The van der Waals surface area contributed by atoms with Crippen molar-refractivity contribution in [2.45, 2.75) is 13.0 Å². The van der Waals surface area contributed by atoms with E-state index in [1.165, 1.54) is 7.11 Å². The standard InChI is InChI=1S/C15H19N3O4/c1-20-14-13(6-2-7-16-14)18-15(19)17-8-4-9-21-11-12-5-3-10-22-12/h2-3,5-7,10H,4,8-9,11H2,1H3,(H2,17,18,19). The molecule has 2 aromatic heterocycles. The molecule has 2 amide bonds. The normalized spacial score (nSPS) is 10.2. The van der Waals surface area contributed by atoms with Crippen molar-refractivity contribution < 1.29 is 18.7 Å². The zero-order chi connectivity index (χ0) is 15.6. The fraction of sp³-hybridized carbons (Fsp3) is 0.333. The van der Waals surface area contributed by atoms with Crippen molar-refractivity contribution in [3.63, 3.8) is 0 Å². The molecule has 0 spiro atoms. The Hall–Kier alpha value is -2.54. The van der Waals surface area contributed by atoms with Gasteiger partial charge in [-0.1, -0.05) is 0 Å². The van der Waals surface area contributed by atoms with Crippen molar-refractivity contribution in [2.75, 3.05) is 25.6 Å². The minimum Gasteiger partial charge on any atom is -0.480 e. The predicted molar refractivity (Wildman–Crippen MR) is 80.8 cm³/mol. The van der Waals surface area contributed by atoms with Crippen LogP contribution >= 0.6 is 0 Å². The van der Waals surface area contributed by atoms with Gasteiger partial charge in [-0.15, -0.1) is 0 Å². The monoisotopic (exact) mass is 305 g/mol. The predicted octanol–water partition coefficient (Wildman–Crippen LogP) is 2.41. The summed E-state index contributed by atoms with van der Waals surface area (Å²) in [5, 5.41) is 5.42. The van der Waals surface area contributed by atoms with Crippen LogP contribution in [0.15, 0.2) is 41.1 Å². The first-order chi connectivity index (χ1) is 10.8. The Morgan fingerprint density at radius 3 is 3.05 bits per heavy atom. The van der Waals surface area contributed by atoms with E-state index >= 15 is 0 Å². The average Bonchev–Trinajstić information content (AvgIpc) is 3.04. The van der Waals surface area contributed by atoms with Gasteiger partial charge in [-0.25, -0.2) is 9.78 Å². The molecule has 0 aliphatic carbocycles. The van der Waals surface area contributed by atoms with Crippen LogP contribution in [0, 0.1) is 0 Å². The van der Waals surface area contributed by atoms with Crippen molar-refractivity contribution in [1.29, 1.82) is 0 Å². The third-order valence-electron chi connectivity index (χ3n) is 2.79. The number of hydrogen-bond acceptors (Lipinski definition) is 5. The van der Waals surface area contributed by atoms with Gasteiger partial charge in [0.05, 0.1) is 13.4 Å². The van der Waals surface area contributed by atoms with Crippen molar-refractivity contribution in [2.24, 2.45) is 0 Å². The number of carbonyl (C=O) groups is 1. The van der Waals surface area contributed by atoms with Gasteiger partial charge in [-0.2, -0.15) is 0 Å². The molecule has 0 unspecified atom stereocenters. The van der Waals surface area contributed by atoms with E-state index < -0.39 is 0 Å². The number of furan rings is 1. The van der Waals surface area contributed by atoms with Crippen LogP contribution in [-0.4, -0.2) is 31.3 Å². The number of anilines is 1. The molecule has 0 fully saturated rings. The summed E-state index contributed by atoms with van der Waals surface area (Å²) in [7, 11) is 1.50. The number of ether oxygens (including phenoxy) is 2. The van der Waals surface area contributed by atoms with E-state index in [4.69, 9.17) is 13.9 Å². The maximum atomic E-state index is 11.7. The second kappa shape index (κ2) is 8.68. The first-order valence-corrected chi connectivity index (χ1v) is 6.93. The maximum absolute atomic E-state index is 11.7. The van der Waals surface area contributed by atoms with E-state index in [1.54, 1.807) is 24.6 Å². The quantitative estimate of drug-likeness (QED) is 0.731. The number of rotatable bonds is 8. The van der Waals surface area contributed by atoms with Gasteiger partial charge in [0.15, 0.2) is 0 Å². The summed E-state index contributed by atoms with van der Waals surface area (Å²) in [5.41, 5.74) is 0.525. The Labute approximate surface area is 128 Å². The van der Waals surface area contributed by atoms with Gasteiger partial charge in [0.1, 0.15) is 18.1 Å². The van der Waals surface area contributed by atoms with E-state index in [9.17, 15) is 4.79 Å². The van der Waals surface area contributed by atoms with E-state index in [2.05, 4.69) is 15.6 Å². The van der Waals surface area contributed by atoms with Crippen LogP contribution in [0.25, 0.3) is 0 Å². The first kappa shape index (κ1) is 15.8. The lowest BCUT2D eigenvalue weighted by molar-refractivity contribution is 0.104. The number of aromatic nitrogens is 1. The molecule has 2 rings (SSSR count). The Kier molecular flexibility index (Phi) is 6.25. The molecule has 2 heterocycles. The molecule has 118 valence electrons. The van der Waals surface area contributed by atoms with Gasteiger partial charge in [0.2, 0.25) is 5.88 Å². The lowest BCUT2D eigenvalue weighted by atomic mass is 10.4. The highest BCUT2D eigenvalue weighted by molar-refractivity contribution is 5.90. The van der Waals surface area contributed by atoms with Crippen LogP contribution in [0.4, 0.5) is 10.5 Å². The van der Waals surface area contributed by atoms with Crippen molar-refractivity contribution in [1.82, 2.24) is 10.3 Å². The fourth-order valence-electron chi connectivity index (χ4n) is 1.76. The number of carbonyl (C=O) groups excluding carboxylic acids is 1. The fourth-order valence-corrected chi connectivity index (χ4v) is 1.76. The summed E-state index contributed by atoms with van der Waals surface area (Å²) in [6, 6.07) is 6.81. The minimum absolute atomic E-state index is 0.308. The highest BCUT2D eigenvalue weighted by Gasteiger charge is 2.06. The molecule has 7 heteroatoms. The van der Waals surface area contributed by atoms with Gasteiger partial charge < -0.3 is 24.5 Å². The van der Waals surface area contributed by atoms with Crippen LogP contribution in [0.3, 0.4) is 0 Å². The third-order valence-corrected chi connectivity index (χ3v) is 2.79. The van der Waals surface area contributed by atoms with Crippen LogP contribution in [0.1, 0.15) is 12.2 Å². The second-order valence-electron chi connectivity index (χ2n) is 4.43. The number of urea groups is 1. The van der Waals surface area contributed by atoms with Crippen LogP contribution in [0.2, 0.25) is 0 Å². The molecule has 22 heavy (non-hydrogen) atoms. The van der Waals surface area contributed by atoms with Crippen molar-refractivity contribution >= 4 is 11.7 Å². The summed E-state index contributed by atoms with van der Waals surface area (Å²) in [6.45, 7) is 1.48. The Bertz CT molecular complexity index is 572. The molecule has 0 atom stereocenters. The van der Waals surface area contributed by atoms with E-state index in [1.807, 2.05) is 12.1 Å². The minimum atomic E-state index is -0.308. The largest absolute Gasteiger partial charge is 0.480 e. The number of hydrogen-bond donors (Lipinski definition) is 2. The average molecular weight is 305 g/mol. The number of methoxy groups -OCH3 is 1. The summed E-state index contributed by atoms with van der Waals surface area (Å²) >= 11 is 0. The first-order valence-electron chi connectivity index (χ1n) is 6.93. The van der Waals surface area contributed by atoms with Gasteiger partial charge in [0.25, 0.3) is 0 Å². The summed E-state index contributed by atoms with van der Waals surface area (Å²) < 4.78 is 15.6. The molecule has 0 radical (unpaired) electrons. The molecule has 0 aliphatic heterocycles. The Morgan fingerprint density at radius 2 is 2.27 bits per heavy atom. The molecule has 0 aromatic carbocycles. The van der Waals surface area contributed by atoms with Gasteiger partial charge >= 0.3 is 6.03 Å². The zero-order valence-corrected chi connectivity index (χ0v) is 12.4. The van der Waals surface area contributed by atoms with E-state index in [-0.39, 0.29) is 6.03 Å². The number of pyridine rings is 1. The second-order valence-corrected chi connectivity index (χ2v) is 4.43. The molecule has 2 aromatic rings. The third kappa shape index (κ3) is 5.10. The van der Waals surface area contributed by atoms with Gasteiger partial charge in [-0.3, -0.25) is 0 Å². The van der Waals surface area contributed by atoms with E-state index in [0.717, 1.165) is 5.76 Å². The molecule has 0 aliphatic rings. The molecule has 0 saturated heterocycles. The summed E-state index contributed by atoms with van der Waals surface area (Å²) in [5.74, 6) is 1.16. The van der Waals surface area contributed by atoms with Gasteiger partial charge in [-0.05, 0) is 30.7 Å². The maximum Gasteiger partial charge on any atom is 0.319 e. The van der Waals surface area contributed by atoms with Gasteiger partial charge in [0, 0.05) is 19.3 Å². The van der Waals surface area contributed by atoms with Crippen molar-refractivity contribution in [3.8, 4) is 5.88 Å². The van der Waals surface area contributed by atoms with E-state index in [0.29, 0.717) is 37.7 Å². The summed E-state index contributed by atoms with van der Waals surface area (Å²) in [6.07, 6.45) is 3.91. The van der Waals surface area contributed by atoms with Crippen molar-refractivity contribution in [3.05, 3.63) is 42.5 Å². The molecular weight excluding hydrogens is 286 g/mol. The highest BCUT2D eigenvalue weighted by atomic mass is 16.5. The Morgan fingerprint density at radius 1 is 1.36 bits per heavy atom. The lowest BCUT2D eigenvalue weighted by Crippen LogP contribution is -2.30. The Balaban J connectivity index is 1.59. The number of nitrogens with one attached hydrogen (secondary N) is 2. The van der Waals surface area contributed by atoms with Crippen LogP contribution in [0.5, 0.6) is 5.88 Å². The topological polar surface area (TPSA) is 85.6 Å². The number of nitrogens with zero attached hydrogens (tertiary/aromatic N) is 1. The number of amides is 2. The molecule has 0 saturated carbocycles. The summed E-state index contributed by atoms with van der Waals surface area (Å²) in [4.78, 5) is 15.7. The van der Waals surface area contributed by atoms with Crippen LogP contribution < -0.4 is 15.4 Å². The zero-order valence-electron chi connectivity index (χ0n) is 12.4. The molecule has 7 nitrogen and oxygen atoms in total. The SMILES string of the molecule is COc1ncccc1NC(=O)NCCCOCc1ccco1. The smallest absolute Gasteiger partial charge is 0.319 e. The lowest BCUT2D eigenvalue weighted by Gasteiger charge is -2.10. The van der Waals surface area contributed by atoms with Crippen LogP contribution in [-0.2, 0) is 11.3 Å². The molecular formula is C15H19N3O4. The molecule has 0 bridgehead atoms. The highest BCUT2D eigenvalue weighted by Crippen LogP contribution is 2.19.